The third-order valence-electron chi connectivity index (χ3n) is 4.95. The second-order valence-electron chi connectivity index (χ2n) is 6.81. The summed E-state index contributed by atoms with van der Waals surface area (Å²) >= 11 is 0. The van der Waals surface area contributed by atoms with Gasteiger partial charge in [0.25, 0.3) is 5.91 Å². The molecule has 1 unspecified atom stereocenters. The number of carbonyl (C=O) groups excluding carboxylic acids is 2. The molecule has 1 aromatic heterocycles. The van der Waals surface area contributed by atoms with Crippen molar-refractivity contribution in [3.63, 3.8) is 0 Å². The topological polar surface area (TPSA) is 85.3 Å². The number of aromatic nitrogens is 1. The highest BCUT2D eigenvalue weighted by molar-refractivity contribution is 6.05. The molecule has 1 amide bonds. The van der Waals surface area contributed by atoms with E-state index in [-0.39, 0.29) is 34.1 Å². The molecule has 152 valence electrons. The van der Waals surface area contributed by atoms with Crippen molar-refractivity contribution in [1.82, 2.24) is 4.57 Å². The number of nitrogens with two attached hydrogens (primary N) is 1. The van der Waals surface area contributed by atoms with Crippen LogP contribution in [0.4, 0.5) is 13.2 Å². The van der Waals surface area contributed by atoms with Crippen molar-refractivity contribution in [2.45, 2.75) is 32.6 Å². The number of rotatable bonds is 5. The Bertz CT molecular complexity index is 1140. The van der Waals surface area contributed by atoms with E-state index in [0.29, 0.717) is 6.42 Å². The molecular formula is C21H19F3N2O3. The van der Waals surface area contributed by atoms with Crippen LogP contribution in [-0.2, 0) is 4.79 Å². The third kappa shape index (κ3) is 3.35. The summed E-state index contributed by atoms with van der Waals surface area (Å²) in [5, 5.41) is 9.50. The summed E-state index contributed by atoms with van der Waals surface area (Å²) < 4.78 is 43.6. The van der Waals surface area contributed by atoms with Crippen molar-refractivity contribution in [1.29, 1.82) is 0 Å². The number of aromatic hydroxyl groups is 1. The van der Waals surface area contributed by atoms with E-state index >= 15 is 0 Å². The summed E-state index contributed by atoms with van der Waals surface area (Å²) in [6.07, 6.45) is 0.799. The Hall–Kier alpha value is -3.29. The Kier molecular flexibility index (Phi) is 5.37. The lowest BCUT2D eigenvalue weighted by Gasteiger charge is -2.14. The van der Waals surface area contributed by atoms with Crippen LogP contribution in [0.25, 0.3) is 10.9 Å². The van der Waals surface area contributed by atoms with Crippen LogP contribution in [0.2, 0.25) is 0 Å². The first-order valence-corrected chi connectivity index (χ1v) is 9.00. The molecule has 0 aliphatic rings. The van der Waals surface area contributed by atoms with Crippen LogP contribution in [0.3, 0.4) is 0 Å². The van der Waals surface area contributed by atoms with E-state index in [0.717, 1.165) is 22.8 Å². The lowest BCUT2D eigenvalue weighted by atomic mass is 9.91. The number of nitrogens with zero attached hydrogens (tertiary/aromatic N) is 1. The summed E-state index contributed by atoms with van der Waals surface area (Å²) in [7, 11) is 0. The smallest absolute Gasteiger partial charge is 0.262 e. The molecule has 8 heteroatoms. The molecule has 1 heterocycles. The largest absolute Gasteiger partial charge is 0.503 e. The Morgan fingerprint density at radius 1 is 1.21 bits per heavy atom. The monoisotopic (exact) mass is 404 g/mol. The molecule has 3 N–H and O–H groups in total. The van der Waals surface area contributed by atoms with Crippen molar-refractivity contribution in [2.75, 3.05) is 0 Å². The SMILES string of the molecule is CCCC(C(N)=O)c1c(C)n(C(=O)c2cccc(F)c2)c2cc(F)c(O)c(F)c12. The number of benzene rings is 2. The minimum Gasteiger partial charge on any atom is -0.503 e. The molecule has 0 aliphatic heterocycles. The predicted molar refractivity (Wildman–Crippen MR) is 101 cm³/mol. The third-order valence-corrected chi connectivity index (χ3v) is 4.95. The molecule has 0 fully saturated rings. The molecule has 0 spiro atoms. The number of phenolic OH excluding ortho intramolecular Hbond substituents is 1. The van der Waals surface area contributed by atoms with Gasteiger partial charge in [0.05, 0.1) is 11.4 Å². The fourth-order valence-electron chi connectivity index (χ4n) is 3.67. The molecule has 3 aromatic rings. The van der Waals surface area contributed by atoms with Crippen LogP contribution >= 0.6 is 0 Å². The van der Waals surface area contributed by atoms with Gasteiger partial charge in [0.2, 0.25) is 5.91 Å². The van der Waals surface area contributed by atoms with E-state index in [1.807, 2.05) is 0 Å². The van der Waals surface area contributed by atoms with Gasteiger partial charge >= 0.3 is 0 Å². The van der Waals surface area contributed by atoms with E-state index < -0.39 is 40.9 Å². The highest BCUT2D eigenvalue weighted by Crippen LogP contribution is 2.39. The average molecular weight is 404 g/mol. The zero-order valence-electron chi connectivity index (χ0n) is 15.8. The van der Waals surface area contributed by atoms with E-state index in [4.69, 9.17) is 5.73 Å². The van der Waals surface area contributed by atoms with Gasteiger partial charge in [0.1, 0.15) is 5.82 Å². The van der Waals surface area contributed by atoms with Crippen molar-refractivity contribution < 1.29 is 27.9 Å². The summed E-state index contributed by atoms with van der Waals surface area (Å²) in [6.45, 7) is 3.27. The van der Waals surface area contributed by atoms with Crippen LogP contribution in [0.15, 0.2) is 30.3 Å². The van der Waals surface area contributed by atoms with Crippen LogP contribution in [-0.4, -0.2) is 21.5 Å². The van der Waals surface area contributed by atoms with Gasteiger partial charge in [-0.3, -0.25) is 14.2 Å². The van der Waals surface area contributed by atoms with Crippen LogP contribution < -0.4 is 5.73 Å². The van der Waals surface area contributed by atoms with Crippen LogP contribution in [0.5, 0.6) is 5.75 Å². The lowest BCUT2D eigenvalue weighted by Crippen LogP contribution is -2.22. The second-order valence-corrected chi connectivity index (χ2v) is 6.81. The van der Waals surface area contributed by atoms with E-state index in [2.05, 4.69) is 0 Å². The number of hydrogen-bond donors (Lipinski definition) is 2. The molecule has 0 radical (unpaired) electrons. The van der Waals surface area contributed by atoms with Gasteiger partial charge in [-0.2, -0.15) is 0 Å². The predicted octanol–water partition coefficient (Wildman–Crippen LogP) is 4.13. The molecule has 0 saturated heterocycles. The Balaban J connectivity index is 2.41. The normalized spacial score (nSPS) is 12.3. The fraction of sp³-hybridized carbons (Fsp3) is 0.238. The minimum atomic E-state index is -1.29. The molecule has 2 aromatic carbocycles. The molecular weight excluding hydrogens is 385 g/mol. The van der Waals surface area contributed by atoms with Gasteiger partial charge in [0.15, 0.2) is 17.4 Å². The van der Waals surface area contributed by atoms with Crippen molar-refractivity contribution in [2.24, 2.45) is 5.73 Å². The number of carbonyl (C=O) groups is 2. The van der Waals surface area contributed by atoms with Gasteiger partial charge in [0, 0.05) is 22.7 Å². The van der Waals surface area contributed by atoms with Crippen molar-refractivity contribution in [3.05, 3.63) is 64.6 Å². The quantitative estimate of drug-likeness (QED) is 0.671. The maximum Gasteiger partial charge on any atom is 0.262 e. The Morgan fingerprint density at radius 2 is 1.90 bits per heavy atom. The molecule has 0 saturated carbocycles. The van der Waals surface area contributed by atoms with Gasteiger partial charge < -0.3 is 10.8 Å². The number of phenols is 1. The maximum absolute atomic E-state index is 14.9. The number of halogens is 3. The summed E-state index contributed by atoms with van der Waals surface area (Å²) in [5.41, 5.74) is 5.55. The zero-order chi connectivity index (χ0) is 21.5. The molecule has 0 aliphatic carbocycles. The number of primary amides is 1. The molecule has 5 nitrogen and oxygen atoms in total. The highest BCUT2D eigenvalue weighted by Gasteiger charge is 2.31. The summed E-state index contributed by atoms with van der Waals surface area (Å²) in [6, 6.07) is 5.66. The van der Waals surface area contributed by atoms with Crippen molar-refractivity contribution >= 4 is 22.7 Å². The van der Waals surface area contributed by atoms with E-state index in [1.165, 1.54) is 19.1 Å². The first-order valence-electron chi connectivity index (χ1n) is 9.00. The van der Waals surface area contributed by atoms with Gasteiger partial charge in [-0.05, 0) is 37.1 Å². The van der Waals surface area contributed by atoms with E-state index in [9.17, 15) is 27.9 Å². The number of fused-ring (bicyclic) bond motifs is 1. The van der Waals surface area contributed by atoms with Crippen LogP contribution in [0, 0.1) is 24.4 Å². The number of hydrogen-bond acceptors (Lipinski definition) is 3. The molecule has 1 atom stereocenters. The Morgan fingerprint density at radius 3 is 2.48 bits per heavy atom. The Labute approximate surface area is 164 Å². The van der Waals surface area contributed by atoms with Crippen molar-refractivity contribution in [3.8, 4) is 5.75 Å². The zero-order valence-corrected chi connectivity index (χ0v) is 15.8. The molecule has 3 rings (SSSR count). The second kappa shape index (κ2) is 7.62. The number of amides is 1. The highest BCUT2D eigenvalue weighted by atomic mass is 19.1. The standard InChI is InChI=1S/C21H19F3N2O3/c1-3-5-13(20(25)28)16-10(2)26(21(29)11-6-4-7-12(22)8-11)15-9-14(23)19(27)18(24)17(15)16/h4,6-9,13,27H,3,5H2,1-2H3,(H2,25,28). The molecule has 29 heavy (non-hydrogen) atoms. The van der Waals surface area contributed by atoms with Gasteiger partial charge in [-0.1, -0.05) is 19.4 Å². The van der Waals surface area contributed by atoms with Gasteiger partial charge in [-0.25, -0.2) is 13.2 Å². The minimum absolute atomic E-state index is 0.0449. The first-order chi connectivity index (χ1) is 13.7. The van der Waals surface area contributed by atoms with E-state index in [1.54, 1.807) is 6.92 Å². The summed E-state index contributed by atoms with van der Waals surface area (Å²) in [5.74, 6) is -6.85. The first kappa shape index (κ1) is 20.4. The average Bonchev–Trinajstić information content (AvgIpc) is 2.95. The maximum atomic E-state index is 14.9. The fourth-order valence-corrected chi connectivity index (χ4v) is 3.67. The summed E-state index contributed by atoms with van der Waals surface area (Å²) in [4.78, 5) is 25.1. The van der Waals surface area contributed by atoms with Crippen LogP contribution in [0.1, 0.15) is 47.3 Å². The van der Waals surface area contributed by atoms with Gasteiger partial charge in [-0.15, -0.1) is 0 Å². The molecule has 0 bridgehead atoms. The lowest BCUT2D eigenvalue weighted by molar-refractivity contribution is -0.119.